The first-order valence-electron chi connectivity index (χ1n) is 7.93. The van der Waals surface area contributed by atoms with E-state index in [9.17, 15) is 0 Å². The van der Waals surface area contributed by atoms with E-state index in [0.717, 1.165) is 30.2 Å². The second-order valence-corrected chi connectivity index (χ2v) is 6.64. The smallest absolute Gasteiger partial charge is 0.0474 e. The van der Waals surface area contributed by atoms with Gasteiger partial charge < -0.3 is 4.98 Å². The molecule has 2 heterocycles. The van der Waals surface area contributed by atoms with Crippen LogP contribution in [-0.4, -0.2) is 16.4 Å². The molecule has 23 heavy (non-hydrogen) atoms. The number of hydrogen-bond donors (Lipinski definition) is 1. The molecule has 3 aromatic rings. The Morgan fingerprint density at radius 1 is 1.22 bits per heavy atom. The first-order chi connectivity index (χ1) is 11.2. The Hall–Kier alpha value is -2.03. The van der Waals surface area contributed by atoms with Gasteiger partial charge in [0.1, 0.15) is 0 Å². The van der Waals surface area contributed by atoms with E-state index in [4.69, 9.17) is 11.6 Å². The van der Waals surface area contributed by atoms with Crippen molar-refractivity contribution in [1.29, 1.82) is 0 Å². The minimum Gasteiger partial charge on any atom is -0.357 e. The molecule has 3 heteroatoms. The average molecular weight is 323 g/mol. The SMILES string of the molecule is C=C[C@H]1CN(Cc2ccccc2)Cc2[nH]c3cc(Cl)ccc3c21. The van der Waals surface area contributed by atoms with Crippen molar-refractivity contribution in [3.63, 3.8) is 0 Å². The maximum atomic E-state index is 6.14. The van der Waals surface area contributed by atoms with Crippen molar-refractivity contribution in [2.75, 3.05) is 6.54 Å². The predicted octanol–water partition coefficient (Wildman–Crippen LogP) is 5.11. The van der Waals surface area contributed by atoms with Crippen LogP contribution in [0.1, 0.15) is 22.7 Å². The summed E-state index contributed by atoms with van der Waals surface area (Å²) in [6.45, 7) is 6.95. The predicted molar refractivity (Wildman–Crippen MR) is 96.8 cm³/mol. The molecule has 0 saturated heterocycles. The zero-order valence-electron chi connectivity index (χ0n) is 12.9. The lowest BCUT2D eigenvalue weighted by Crippen LogP contribution is -2.32. The van der Waals surface area contributed by atoms with Gasteiger partial charge in [0.25, 0.3) is 0 Å². The molecule has 4 rings (SSSR count). The number of rotatable bonds is 3. The summed E-state index contributed by atoms with van der Waals surface area (Å²) in [5.41, 5.74) is 5.14. The highest BCUT2D eigenvalue weighted by atomic mass is 35.5. The van der Waals surface area contributed by atoms with Crippen LogP contribution in [-0.2, 0) is 13.1 Å². The molecule has 1 aliphatic rings. The summed E-state index contributed by atoms with van der Waals surface area (Å²) in [6, 6.07) is 16.7. The molecule has 2 nitrogen and oxygen atoms in total. The van der Waals surface area contributed by atoms with E-state index in [0.29, 0.717) is 5.92 Å². The van der Waals surface area contributed by atoms with Gasteiger partial charge in [-0.05, 0) is 23.3 Å². The fourth-order valence-electron chi connectivity index (χ4n) is 3.61. The van der Waals surface area contributed by atoms with Crippen LogP contribution >= 0.6 is 11.6 Å². The highest BCUT2D eigenvalue weighted by Crippen LogP contribution is 2.36. The second-order valence-electron chi connectivity index (χ2n) is 6.20. The molecule has 0 saturated carbocycles. The molecule has 0 fully saturated rings. The van der Waals surface area contributed by atoms with Gasteiger partial charge in [0.15, 0.2) is 0 Å². The molecule has 0 aliphatic carbocycles. The lowest BCUT2D eigenvalue weighted by Gasteiger charge is -2.31. The fraction of sp³-hybridized carbons (Fsp3) is 0.200. The largest absolute Gasteiger partial charge is 0.357 e. The van der Waals surface area contributed by atoms with E-state index in [1.165, 1.54) is 22.2 Å². The highest BCUT2D eigenvalue weighted by molar-refractivity contribution is 6.31. The van der Waals surface area contributed by atoms with Crippen LogP contribution in [0, 0.1) is 0 Å². The van der Waals surface area contributed by atoms with Crippen molar-refractivity contribution in [2.24, 2.45) is 0 Å². The molecule has 1 atom stereocenters. The van der Waals surface area contributed by atoms with Crippen molar-refractivity contribution < 1.29 is 0 Å². The van der Waals surface area contributed by atoms with Crippen molar-refractivity contribution in [2.45, 2.75) is 19.0 Å². The van der Waals surface area contributed by atoms with Crippen LogP contribution in [0.2, 0.25) is 5.02 Å². The zero-order chi connectivity index (χ0) is 15.8. The number of halogens is 1. The molecule has 0 spiro atoms. The van der Waals surface area contributed by atoms with Crippen LogP contribution in [0.5, 0.6) is 0 Å². The van der Waals surface area contributed by atoms with Crippen molar-refractivity contribution in [3.8, 4) is 0 Å². The third-order valence-electron chi connectivity index (χ3n) is 4.62. The number of H-pyrrole nitrogens is 1. The zero-order valence-corrected chi connectivity index (χ0v) is 13.7. The summed E-state index contributed by atoms with van der Waals surface area (Å²) in [4.78, 5) is 6.04. The van der Waals surface area contributed by atoms with E-state index in [1.807, 2.05) is 12.1 Å². The third kappa shape index (κ3) is 2.69. The summed E-state index contributed by atoms with van der Waals surface area (Å²) >= 11 is 6.14. The maximum absolute atomic E-state index is 6.14. The Bertz CT molecular complexity index is 851. The maximum Gasteiger partial charge on any atom is 0.0474 e. The highest BCUT2D eigenvalue weighted by Gasteiger charge is 2.27. The van der Waals surface area contributed by atoms with Gasteiger partial charge in [-0.25, -0.2) is 0 Å². The van der Waals surface area contributed by atoms with Gasteiger partial charge in [0, 0.05) is 47.2 Å². The molecule has 1 N–H and O–H groups in total. The monoisotopic (exact) mass is 322 g/mol. The summed E-state index contributed by atoms with van der Waals surface area (Å²) in [6.07, 6.45) is 2.07. The van der Waals surface area contributed by atoms with E-state index in [2.05, 4.69) is 58.9 Å². The van der Waals surface area contributed by atoms with Gasteiger partial charge in [-0.1, -0.05) is 54.1 Å². The van der Waals surface area contributed by atoms with Crippen LogP contribution < -0.4 is 0 Å². The summed E-state index contributed by atoms with van der Waals surface area (Å²) < 4.78 is 0. The number of aromatic nitrogens is 1. The lowest BCUT2D eigenvalue weighted by molar-refractivity contribution is 0.232. The fourth-order valence-corrected chi connectivity index (χ4v) is 3.78. The van der Waals surface area contributed by atoms with Crippen LogP contribution in [0.3, 0.4) is 0 Å². The average Bonchev–Trinajstić information content (AvgIpc) is 2.92. The van der Waals surface area contributed by atoms with Gasteiger partial charge in [0.05, 0.1) is 0 Å². The minimum absolute atomic E-state index is 0.345. The van der Waals surface area contributed by atoms with Crippen LogP contribution in [0.4, 0.5) is 0 Å². The molecule has 0 amide bonds. The standard InChI is InChI=1S/C20H19ClN2/c1-2-15-12-23(11-14-6-4-3-5-7-14)13-19-20(15)17-9-8-16(21)10-18(17)22-19/h2-10,15,22H,1,11-13H2/t15-/m0/s1. The first kappa shape index (κ1) is 14.6. The van der Waals surface area contributed by atoms with Gasteiger partial charge in [-0.15, -0.1) is 6.58 Å². The number of benzene rings is 2. The summed E-state index contributed by atoms with van der Waals surface area (Å²) in [7, 11) is 0. The molecule has 2 aromatic carbocycles. The normalized spacial score (nSPS) is 18.0. The molecule has 1 aliphatic heterocycles. The molecule has 0 radical (unpaired) electrons. The van der Waals surface area contributed by atoms with E-state index < -0.39 is 0 Å². The number of hydrogen-bond acceptors (Lipinski definition) is 1. The first-order valence-corrected chi connectivity index (χ1v) is 8.31. The summed E-state index contributed by atoms with van der Waals surface area (Å²) in [5, 5.41) is 2.04. The molecular formula is C20H19ClN2. The Kier molecular flexibility index (Phi) is 3.72. The van der Waals surface area contributed by atoms with Gasteiger partial charge in [0.2, 0.25) is 0 Å². The van der Waals surface area contributed by atoms with E-state index in [1.54, 1.807) is 0 Å². The van der Waals surface area contributed by atoms with Crippen LogP contribution in [0.25, 0.3) is 10.9 Å². The molecule has 1 aromatic heterocycles. The number of aromatic amines is 1. The van der Waals surface area contributed by atoms with Crippen molar-refractivity contribution in [3.05, 3.63) is 83.0 Å². The van der Waals surface area contributed by atoms with Crippen LogP contribution in [0.15, 0.2) is 61.2 Å². The minimum atomic E-state index is 0.345. The number of fused-ring (bicyclic) bond motifs is 3. The Labute approximate surface area is 141 Å². The van der Waals surface area contributed by atoms with Gasteiger partial charge in [-0.3, -0.25) is 4.90 Å². The summed E-state index contributed by atoms with van der Waals surface area (Å²) in [5.74, 6) is 0.345. The van der Waals surface area contributed by atoms with E-state index >= 15 is 0 Å². The Morgan fingerprint density at radius 3 is 2.83 bits per heavy atom. The number of nitrogens with zero attached hydrogens (tertiary/aromatic N) is 1. The third-order valence-corrected chi connectivity index (χ3v) is 4.86. The Balaban J connectivity index is 1.70. The molecular weight excluding hydrogens is 304 g/mol. The number of nitrogens with one attached hydrogen (secondary N) is 1. The molecule has 0 bridgehead atoms. The topological polar surface area (TPSA) is 19.0 Å². The van der Waals surface area contributed by atoms with Crippen molar-refractivity contribution >= 4 is 22.5 Å². The lowest BCUT2D eigenvalue weighted by atomic mass is 9.91. The quantitative estimate of drug-likeness (QED) is 0.664. The second kappa shape index (κ2) is 5.88. The van der Waals surface area contributed by atoms with Crippen molar-refractivity contribution in [1.82, 2.24) is 9.88 Å². The Morgan fingerprint density at radius 2 is 2.04 bits per heavy atom. The molecule has 116 valence electrons. The van der Waals surface area contributed by atoms with Gasteiger partial charge in [-0.2, -0.15) is 0 Å². The van der Waals surface area contributed by atoms with E-state index in [-0.39, 0.29) is 0 Å². The molecule has 0 unspecified atom stereocenters. The van der Waals surface area contributed by atoms with Gasteiger partial charge >= 0.3 is 0 Å².